The van der Waals surface area contributed by atoms with Crippen molar-refractivity contribution in [1.82, 2.24) is 50.2 Å². The quantitative estimate of drug-likeness (QED) is 0.0287. The number of nitrogens with one attached hydrogen (secondary N) is 2. The maximum Gasteiger partial charge on any atom is 0.233 e. The maximum atomic E-state index is 13.5. The number of hydrogen-bond acceptors (Lipinski definition) is 25. The number of hydrogen-bond donors (Lipinski definition) is 6. The van der Waals surface area contributed by atoms with Crippen molar-refractivity contribution in [1.29, 1.82) is 0 Å². The summed E-state index contributed by atoms with van der Waals surface area (Å²) in [5, 5.41) is 18.3. The number of amides is 1. The molecule has 0 fully saturated rings. The van der Waals surface area contributed by atoms with Crippen molar-refractivity contribution in [2.45, 2.75) is 33.2 Å². The van der Waals surface area contributed by atoms with E-state index < -0.39 is 11.6 Å². The minimum atomic E-state index is -0.705. The lowest BCUT2D eigenvalue weighted by atomic mass is 10.1. The molecule has 1 amide bonds. The standard InChI is InChI=1S/C18H20N6O3.C13H12F2N4O2.C13H13FN4O2.C13H14N4O2/c1-11(25)20-6-5-12-8-21-16-4-3-13(7-14(12)16)27-18-15(9-24-26-2)17(19)22-10-23-18;1-20-19-5-8-12(16)17-7-18-13(8)21-6-9-10(14)3-2-4-11(9)15;1-19-18-6-11-12(15)16-8-17-13(11)20-7-9-3-2-4-10(14)5-9;1-18-17-7-11-12(14)15-9-16-13(11)19-8-10-5-3-2-4-6-10/h3-4,7-10,21H,5-6H2,1-2H3,(H,20,25)(H2,19,22,23);2-5,7H,6H2,1H3,(H2,16,17,18);2-6,8H,7H2,1H3,(H2,15,16,17);2-7,9H,8H2,1H3,(H2,14,15,16)/b24-9+;19-5+;18-6+;17-7+. The summed E-state index contributed by atoms with van der Waals surface area (Å²) in [5.74, 6) is 0.605. The lowest BCUT2D eigenvalue weighted by molar-refractivity contribution is -0.118. The van der Waals surface area contributed by atoms with Crippen molar-refractivity contribution in [2.75, 3.05) is 57.9 Å². The number of nitrogen functional groups attached to an aromatic ring is 4. The SMILES string of the molecule is CO/N=C/c1c(N)ncnc1OCc1c(F)cccc1F.CO/N=C/c1c(N)ncnc1OCc1cccc(F)c1.CO/N=C/c1c(N)ncnc1OCc1ccccc1.CO/N=C/c1c(N)ncnc1Oc1ccc2[nH]cc(CCNC(C)=O)c2c1. The van der Waals surface area contributed by atoms with Crippen molar-refractivity contribution in [3.63, 3.8) is 0 Å². The third-order valence-electron chi connectivity index (χ3n) is 11.3. The van der Waals surface area contributed by atoms with E-state index in [0.717, 1.165) is 34.2 Å². The number of carbonyl (C=O) groups is 1. The minimum absolute atomic E-state index is 0.0472. The van der Waals surface area contributed by atoms with Gasteiger partial charge in [-0.05, 0) is 65.6 Å². The molecule has 0 bridgehead atoms. The maximum absolute atomic E-state index is 13.5. The van der Waals surface area contributed by atoms with Gasteiger partial charge in [0.1, 0.15) is 142 Å². The molecule has 0 aliphatic heterocycles. The number of carbonyl (C=O) groups excluding carboxylic acids is 1. The molecule has 9 aromatic rings. The number of halogens is 3. The van der Waals surface area contributed by atoms with Gasteiger partial charge in [-0.2, -0.15) is 0 Å². The highest BCUT2D eigenvalue weighted by Gasteiger charge is 2.16. The zero-order chi connectivity index (χ0) is 62.3. The van der Waals surface area contributed by atoms with Gasteiger partial charge in [-0.1, -0.05) is 69.2 Å². The Labute approximate surface area is 495 Å². The van der Waals surface area contributed by atoms with Crippen LogP contribution >= 0.6 is 0 Å². The Morgan fingerprint density at radius 1 is 0.540 bits per heavy atom. The zero-order valence-corrected chi connectivity index (χ0v) is 47.4. The van der Waals surface area contributed by atoms with Crippen LogP contribution in [0.4, 0.5) is 36.4 Å². The Morgan fingerprint density at radius 2 is 0.989 bits per heavy atom. The first-order valence-electron chi connectivity index (χ1n) is 25.5. The van der Waals surface area contributed by atoms with Gasteiger partial charge in [-0.25, -0.2) is 53.0 Å². The molecule has 5 heterocycles. The molecule has 4 aromatic carbocycles. The van der Waals surface area contributed by atoms with Crippen LogP contribution in [-0.4, -0.2) is 111 Å². The molecule has 87 heavy (non-hydrogen) atoms. The Kier molecular flexibility index (Phi) is 25.2. The molecule has 452 valence electrons. The van der Waals surface area contributed by atoms with Gasteiger partial charge in [-0.15, -0.1) is 0 Å². The van der Waals surface area contributed by atoms with Gasteiger partial charge in [0.15, 0.2) is 0 Å². The predicted molar refractivity (Wildman–Crippen MR) is 317 cm³/mol. The highest BCUT2D eigenvalue weighted by atomic mass is 19.1. The molecule has 0 aliphatic rings. The molecule has 0 aliphatic carbocycles. The van der Waals surface area contributed by atoms with E-state index in [2.05, 4.69) is 85.3 Å². The van der Waals surface area contributed by atoms with Gasteiger partial charge in [0.05, 0.1) is 30.4 Å². The first kappa shape index (κ1) is 64.4. The van der Waals surface area contributed by atoms with Crippen molar-refractivity contribution in [2.24, 2.45) is 20.6 Å². The topological polar surface area (TPSA) is 375 Å². The van der Waals surface area contributed by atoms with Crippen LogP contribution in [0, 0.1) is 17.5 Å². The first-order valence-corrected chi connectivity index (χ1v) is 25.5. The number of anilines is 4. The molecule has 0 radical (unpaired) electrons. The second kappa shape index (κ2) is 34.0. The molecular formula is C57H59F3N18O9. The summed E-state index contributed by atoms with van der Waals surface area (Å²) >= 11 is 0. The second-order valence-corrected chi connectivity index (χ2v) is 17.1. The normalized spacial score (nSPS) is 10.8. The average molecular weight is 1200 g/mol. The average Bonchev–Trinajstić information content (AvgIpc) is 3.24. The third-order valence-corrected chi connectivity index (χ3v) is 11.3. The van der Waals surface area contributed by atoms with Crippen LogP contribution < -0.4 is 47.2 Å². The van der Waals surface area contributed by atoms with Gasteiger partial charge in [0.2, 0.25) is 29.4 Å². The summed E-state index contributed by atoms with van der Waals surface area (Å²) in [7, 11) is 5.63. The number of ether oxygens (including phenoxy) is 4. The van der Waals surface area contributed by atoms with Crippen molar-refractivity contribution in [3.05, 3.63) is 184 Å². The van der Waals surface area contributed by atoms with E-state index in [1.807, 2.05) is 54.7 Å². The van der Waals surface area contributed by atoms with Crippen molar-refractivity contribution in [3.8, 4) is 29.3 Å². The number of aromatic amines is 1. The second-order valence-electron chi connectivity index (χ2n) is 17.1. The summed E-state index contributed by atoms with van der Waals surface area (Å²) in [6, 6.07) is 25.1. The van der Waals surface area contributed by atoms with E-state index in [1.165, 1.54) is 104 Å². The number of nitrogens with zero attached hydrogens (tertiary/aromatic N) is 12. The van der Waals surface area contributed by atoms with E-state index in [1.54, 1.807) is 12.1 Å². The van der Waals surface area contributed by atoms with Crippen molar-refractivity contribution >= 4 is 64.9 Å². The van der Waals surface area contributed by atoms with E-state index >= 15 is 0 Å². The molecule has 0 spiro atoms. The molecular weight excluding hydrogens is 1140 g/mol. The van der Waals surface area contributed by atoms with Crippen molar-refractivity contribution < 1.29 is 56.3 Å². The Hall–Kier alpha value is -11.7. The van der Waals surface area contributed by atoms with Gasteiger partial charge in [-0.3, -0.25) is 4.79 Å². The van der Waals surface area contributed by atoms with Crippen LogP contribution in [0.25, 0.3) is 10.9 Å². The van der Waals surface area contributed by atoms with Gasteiger partial charge in [0, 0.05) is 30.6 Å². The highest BCUT2D eigenvalue weighted by Crippen LogP contribution is 2.30. The van der Waals surface area contributed by atoms with Crippen LogP contribution in [0.3, 0.4) is 0 Å². The lowest BCUT2D eigenvalue weighted by Gasteiger charge is -2.10. The van der Waals surface area contributed by atoms with Gasteiger partial charge < -0.3 is 71.5 Å². The number of oxime groups is 4. The number of rotatable bonds is 22. The Balaban J connectivity index is 0.000000187. The summed E-state index contributed by atoms with van der Waals surface area (Å²) in [4.78, 5) is 64.2. The smallest absolute Gasteiger partial charge is 0.233 e. The molecule has 9 rings (SSSR count). The largest absolute Gasteiger partial charge is 0.472 e. The summed E-state index contributed by atoms with van der Waals surface area (Å²) in [6.45, 7) is 2.27. The summed E-state index contributed by atoms with van der Waals surface area (Å²) in [6.07, 6.45) is 13.2. The number of aromatic nitrogens is 9. The fourth-order valence-electron chi connectivity index (χ4n) is 7.13. The molecule has 0 saturated carbocycles. The molecule has 0 atom stereocenters. The molecule has 5 aromatic heterocycles. The third kappa shape index (κ3) is 20.0. The van der Waals surface area contributed by atoms with Gasteiger partial charge >= 0.3 is 0 Å². The minimum Gasteiger partial charge on any atom is -0.472 e. The lowest BCUT2D eigenvalue weighted by Crippen LogP contribution is -2.22. The number of benzene rings is 4. The fraction of sp³-hybridized carbons (Fsp3) is 0.175. The Bertz CT molecular complexity index is 3770. The van der Waals surface area contributed by atoms with E-state index in [9.17, 15) is 18.0 Å². The number of nitrogens with two attached hydrogens (primary N) is 4. The highest BCUT2D eigenvalue weighted by molar-refractivity contribution is 5.90. The number of fused-ring (bicyclic) bond motifs is 1. The van der Waals surface area contributed by atoms with E-state index in [4.69, 9.17) is 46.7 Å². The first-order chi connectivity index (χ1) is 42.2. The predicted octanol–water partition coefficient (Wildman–Crippen LogP) is 7.26. The fourth-order valence-corrected chi connectivity index (χ4v) is 7.13. The van der Waals surface area contributed by atoms with E-state index in [-0.39, 0.29) is 71.2 Å². The van der Waals surface area contributed by atoms with Crippen LogP contribution in [-0.2, 0) is 50.4 Å². The van der Waals surface area contributed by atoms with Crippen LogP contribution in [0.15, 0.2) is 143 Å². The molecule has 0 unspecified atom stereocenters. The summed E-state index contributed by atoms with van der Waals surface area (Å²) < 4.78 is 62.4. The zero-order valence-electron chi connectivity index (χ0n) is 47.4. The van der Waals surface area contributed by atoms with E-state index in [0.29, 0.717) is 59.3 Å². The van der Waals surface area contributed by atoms with Crippen LogP contribution in [0.5, 0.6) is 29.3 Å². The molecule has 10 N–H and O–H groups in total. The number of H-pyrrole nitrogens is 1. The molecule has 0 saturated heterocycles. The Morgan fingerprint density at radius 3 is 1.47 bits per heavy atom. The summed E-state index contributed by atoms with van der Waals surface area (Å²) in [5.41, 5.74) is 28.2. The van der Waals surface area contributed by atoms with Crippen LogP contribution in [0.2, 0.25) is 0 Å². The van der Waals surface area contributed by atoms with Crippen LogP contribution in [0.1, 0.15) is 51.4 Å². The monoisotopic (exact) mass is 1200 g/mol. The molecule has 30 heteroatoms. The molecule has 27 nitrogen and oxygen atoms in total. The van der Waals surface area contributed by atoms with Gasteiger partial charge in [0.25, 0.3) is 0 Å².